The Morgan fingerprint density at radius 1 is 1.09 bits per heavy atom. The second-order valence-electron chi connectivity index (χ2n) is 10.7. The largest absolute Gasteiger partial charge is 0.383 e. The molecule has 1 heterocycles. The molecule has 1 aliphatic heterocycles. The SMILES string of the molecule is Cc1ccc(NC[C@H](C)NC(=O)[C@@H](CC(=O)N2CCOCC2)CC2CCC3(CC2)CC3)cc1. The molecule has 4 rings (SSSR count). The number of hydrogen-bond acceptors (Lipinski definition) is 4. The first-order valence-corrected chi connectivity index (χ1v) is 12.9. The Kier molecular flexibility index (Phi) is 7.94. The highest BCUT2D eigenvalue weighted by molar-refractivity contribution is 5.86. The number of carbonyl (C=O) groups is 2. The molecular formula is C27H41N3O3. The number of rotatable bonds is 9. The molecule has 2 saturated carbocycles. The van der Waals surface area contributed by atoms with Gasteiger partial charge in [-0.15, -0.1) is 0 Å². The summed E-state index contributed by atoms with van der Waals surface area (Å²) < 4.78 is 5.39. The predicted octanol–water partition coefficient (Wildman–Crippen LogP) is 4.14. The van der Waals surface area contributed by atoms with Crippen LogP contribution in [0.3, 0.4) is 0 Å². The molecule has 2 aliphatic carbocycles. The summed E-state index contributed by atoms with van der Waals surface area (Å²) in [5.41, 5.74) is 2.93. The minimum Gasteiger partial charge on any atom is -0.383 e. The minimum atomic E-state index is -0.250. The van der Waals surface area contributed by atoms with E-state index >= 15 is 0 Å². The summed E-state index contributed by atoms with van der Waals surface area (Å²) in [5, 5.41) is 6.59. The van der Waals surface area contributed by atoms with Crippen molar-refractivity contribution in [3.8, 4) is 0 Å². The topological polar surface area (TPSA) is 70.7 Å². The molecule has 1 spiro atoms. The molecule has 0 bridgehead atoms. The van der Waals surface area contributed by atoms with Crippen molar-refractivity contribution >= 4 is 17.5 Å². The van der Waals surface area contributed by atoms with Crippen LogP contribution in [0.15, 0.2) is 24.3 Å². The molecule has 1 saturated heterocycles. The lowest BCUT2D eigenvalue weighted by Gasteiger charge is -2.32. The highest BCUT2D eigenvalue weighted by Gasteiger charge is 2.45. The molecule has 6 nitrogen and oxygen atoms in total. The summed E-state index contributed by atoms with van der Waals surface area (Å²) in [5.74, 6) is 0.436. The Bertz CT molecular complexity index is 789. The van der Waals surface area contributed by atoms with Crippen molar-refractivity contribution in [3.63, 3.8) is 0 Å². The van der Waals surface area contributed by atoms with Gasteiger partial charge in [-0.05, 0) is 82.3 Å². The maximum absolute atomic E-state index is 13.3. The van der Waals surface area contributed by atoms with E-state index in [1.54, 1.807) is 0 Å². The first-order chi connectivity index (χ1) is 15.9. The number of morpholine rings is 1. The number of carbonyl (C=O) groups excluding carboxylic acids is 2. The molecule has 182 valence electrons. The highest BCUT2D eigenvalue weighted by atomic mass is 16.5. The Balaban J connectivity index is 1.31. The van der Waals surface area contributed by atoms with Gasteiger partial charge in [-0.1, -0.05) is 17.7 Å². The Labute approximate surface area is 198 Å². The standard InChI is InChI=1S/C27H41N3O3/c1-20-3-5-24(6-4-20)28-19-21(2)29-26(32)23(18-25(31)30-13-15-33-16-14-30)17-22-7-9-27(10-8-22)11-12-27/h3-6,21-23,28H,7-19H2,1-2H3,(H,29,32)/t21-,23+/m0/s1. The van der Waals surface area contributed by atoms with Gasteiger partial charge in [-0.2, -0.15) is 0 Å². The molecule has 1 aromatic carbocycles. The molecule has 6 heteroatoms. The number of nitrogens with zero attached hydrogens (tertiary/aromatic N) is 1. The van der Waals surface area contributed by atoms with E-state index in [-0.39, 0.29) is 23.8 Å². The van der Waals surface area contributed by atoms with E-state index in [4.69, 9.17) is 4.74 Å². The van der Waals surface area contributed by atoms with Crippen LogP contribution in [0.1, 0.15) is 63.9 Å². The quantitative estimate of drug-likeness (QED) is 0.587. The Hall–Kier alpha value is -2.08. The lowest BCUT2D eigenvalue weighted by atomic mass is 9.75. The van der Waals surface area contributed by atoms with E-state index in [1.165, 1.54) is 44.1 Å². The first kappa shape index (κ1) is 24.1. The van der Waals surface area contributed by atoms with E-state index in [0.29, 0.717) is 50.6 Å². The van der Waals surface area contributed by atoms with Crippen molar-refractivity contribution in [2.24, 2.45) is 17.3 Å². The molecule has 0 aromatic heterocycles. The minimum absolute atomic E-state index is 0.0131. The number of aryl methyl sites for hydroxylation is 1. The molecule has 0 radical (unpaired) electrons. The smallest absolute Gasteiger partial charge is 0.223 e. The van der Waals surface area contributed by atoms with Crippen LogP contribution in [0.25, 0.3) is 0 Å². The van der Waals surface area contributed by atoms with Crippen LogP contribution >= 0.6 is 0 Å². The molecule has 33 heavy (non-hydrogen) atoms. The van der Waals surface area contributed by atoms with Gasteiger partial charge >= 0.3 is 0 Å². The number of ether oxygens (including phenoxy) is 1. The van der Waals surface area contributed by atoms with Gasteiger partial charge in [0.1, 0.15) is 0 Å². The third-order valence-corrected chi connectivity index (χ3v) is 7.95. The monoisotopic (exact) mass is 455 g/mol. The average molecular weight is 456 g/mol. The van der Waals surface area contributed by atoms with Crippen LogP contribution in [-0.4, -0.2) is 55.6 Å². The highest BCUT2D eigenvalue weighted by Crippen LogP contribution is 2.57. The lowest BCUT2D eigenvalue weighted by molar-refractivity contribution is -0.140. The van der Waals surface area contributed by atoms with Gasteiger partial charge in [0, 0.05) is 43.7 Å². The molecule has 2 atom stereocenters. The predicted molar refractivity (Wildman–Crippen MR) is 131 cm³/mol. The summed E-state index contributed by atoms with van der Waals surface area (Å²) in [4.78, 5) is 28.1. The molecule has 0 unspecified atom stereocenters. The average Bonchev–Trinajstić information content (AvgIpc) is 3.59. The third kappa shape index (κ3) is 6.95. The van der Waals surface area contributed by atoms with E-state index in [0.717, 1.165) is 12.1 Å². The Morgan fingerprint density at radius 2 is 1.76 bits per heavy atom. The van der Waals surface area contributed by atoms with Crippen molar-refractivity contribution in [2.75, 3.05) is 38.2 Å². The van der Waals surface area contributed by atoms with E-state index in [9.17, 15) is 9.59 Å². The molecule has 2 N–H and O–H groups in total. The van der Waals surface area contributed by atoms with Crippen LogP contribution in [0.2, 0.25) is 0 Å². The zero-order valence-corrected chi connectivity index (χ0v) is 20.4. The first-order valence-electron chi connectivity index (χ1n) is 12.9. The number of benzene rings is 1. The maximum Gasteiger partial charge on any atom is 0.223 e. The van der Waals surface area contributed by atoms with Crippen LogP contribution in [0.4, 0.5) is 5.69 Å². The van der Waals surface area contributed by atoms with Crippen LogP contribution in [0.5, 0.6) is 0 Å². The van der Waals surface area contributed by atoms with E-state index in [2.05, 4.69) is 41.8 Å². The van der Waals surface area contributed by atoms with Crippen molar-refractivity contribution < 1.29 is 14.3 Å². The Morgan fingerprint density at radius 3 is 2.39 bits per heavy atom. The second kappa shape index (κ2) is 10.9. The van der Waals surface area contributed by atoms with Crippen molar-refractivity contribution in [3.05, 3.63) is 29.8 Å². The van der Waals surface area contributed by atoms with Crippen LogP contribution in [-0.2, 0) is 14.3 Å². The van der Waals surface area contributed by atoms with Crippen molar-refractivity contribution in [2.45, 2.75) is 71.3 Å². The van der Waals surface area contributed by atoms with E-state index in [1.807, 2.05) is 11.8 Å². The van der Waals surface area contributed by atoms with Gasteiger partial charge < -0.3 is 20.3 Å². The fourth-order valence-electron chi connectivity index (χ4n) is 5.39. The van der Waals surface area contributed by atoms with Gasteiger partial charge in [0.15, 0.2) is 0 Å². The van der Waals surface area contributed by atoms with Gasteiger partial charge in [-0.3, -0.25) is 9.59 Å². The van der Waals surface area contributed by atoms with Crippen LogP contribution < -0.4 is 10.6 Å². The fraction of sp³-hybridized carbons (Fsp3) is 0.704. The summed E-state index contributed by atoms with van der Waals surface area (Å²) >= 11 is 0. The lowest BCUT2D eigenvalue weighted by Crippen LogP contribution is -2.45. The van der Waals surface area contributed by atoms with Gasteiger partial charge in [0.2, 0.25) is 11.8 Å². The second-order valence-corrected chi connectivity index (χ2v) is 10.7. The normalized spacial score (nSPS) is 21.9. The van der Waals surface area contributed by atoms with Gasteiger partial charge in [-0.25, -0.2) is 0 Å². The van der Waals surface area contributed by atoms with Crippen molar-refractivity contribution in [1.82, 2.24) is 10.2 Å². The molecule has 3 fully saturated rings. The summed E-state index contributed by atoms with van der Waals surface area (Å²) in [6, 6.07) is 8.26. The molecule has 3 aliphatic rings. The van der Waals surface area contributed by atoms with Crippen molar-refractivity contribution in [1.29, 1.82) is 0 Å². The molecular weight excluding hydrogens is 414 g/mol. The number of anilines is 1. The zero-order valence-electron chi connectivity index (χ0n) is 20.4. The zero-order chi connectivity index (χ0) is 23.3. The van der Waals surface area contributed by atoms with Gasteiger partial charge in [0.05, 0.1) is 13.2 Å². The number of hydrogen-bond donors (Lipinski definition) is 2. The molecule has 2 amide bonds. The molecule has 1 aromatic rings. The van der Waals surface area contributed by atoms with Crippen LogP contribution in [0, 0.1) is 24.2 Å². The summed E-state index contributed by atoms with van der Waals surface area (Å²) in [6.45, 7) is 7.21. The summed E-state index contributed by atoms with van der Waals surface area (Å²) in [6.07, 6.45) is 8.96. The summed E-state index contributed by atoms with van der Waals surface area (Å²) in [7, 11) is 0. The maximum atomic E-state index is 13.3. The fourth-order valence-corrected chi connectivity index (χ4v) is 5.39. The number of nitrogens with one attached hydrogen (secondary N) is 2. The van der Waals surface area contributed by atoms with Gasteiger partial charge in [0.25, 0.3) is 0 Å². The van der Waals surface area contributed by atoms with E-state index < -0.39 is 0 Å². The third-order valence-electron chi connectivity index (χ3n) is 7.95. The number of amides is 2.